The minimum absolute atomic E-state index is 0.250. The molecular formula is C23H22O3. The van der Waals surface area contributed by atoms with E-state index in [0.29, 0.717) is 13.0 Å². The Morgan fingerprint density at radius 3 is 1.65 bits per heavy atom. The van der Waals surface area contributed by atoms with Crippen molar-refractivity contribution in [1.82, 2.24) is 0 Å². The van der Waals surface area contributed by atoms with Gasteiger partial charge < -0.3 is 9.47 Å². The number of carbonyl (C=O) groups excluding carboxylic acids is 1. The highest BCUT2D eigenvalue weighted by atomic mass is 16.6. The van der Waals surface area contributed by atoms with Crippen LogP contribution in [0.5, 0.6) is 0 Å². The van der Waals surface area contributed by atoms with E-state index in [1.807, 2.05) is 91.0 Å². The summed E-state index contributed by atoms with van der Waals surface area (Å²) < 4.78 is 11.4. The lowest BCUT2D eigenvalue weighted by Gasteiger charge is -2.17. The molecule has 3 rings (SSSR count). The lowest BCUT2D eigenvalue weighted by atomic mass is 10.1. The number of hydrogen-bond donors (Lipinski definition) is 0. The summed E-state index contributed by atoms with van der Waals surface area (Å²) in [5, 5.41) is 0. The van der Waals surface area contributed by atoms with Gasteiger partial charge in [0.05, 0.1) is 6.61 Å². The van der Waals surface area contributed by atoms with E-state index in [1.54, 1.807) is 0 Å². The molecule has 0 aliphatic rings. The van der Waals surface area contributed by atoms with Crippen molar-refractivity contribution in [1.29, 1.82) is 0 Å². The second-order valence-corrected chi connectivity index (χ2v) is 6.07. The van der Waals surface area contributed by atoms with E-state index in [2.05, 4.69) is 0 Å². The van der Waals surface area contributed by atoms with Crippen molar-refractivity contribution in [2.24, 2.45) is 0 Å². The number of hydrogen-bond acceptors (Lipinski definition) is 3. The molecule has 3 heteroatoms. The van der Waals surface area contributed by atoms with E-state index in [9.17, 15) is 4.79 Å². The summed E-state index contributed by atoms with van der Waals surface area (Å²) in [5.74, 6) is -0.339. The van der Waals surface area contributed by atoms with Gasteiger partial charge in [0.15, 0.2) is 6.10 Å². The molecule has 0 amide bonds. The van der Waals surface area contributed by atoms with Gasteiger partial charge in [-0.1, -0.05) is 91.0 Å². The van der Waals surface area contributed by atoms with Gasteiger partial charge in [-0.2, -0.15) is 0 Å². The highest BCUT2D eigenvalue weighted by Crippen LogP contribution is 2.12. The van der Waals surface area contributed by atoms with Gasteiger partial charge in [-0.05, 0) is 16.7 Å². The third-order valence-electron chi connectivity index (χ3n) is 4.04. The van der Waals surface area contributed by atoms with Crippen molar-refractivity contribution in [3.05, 3.63) is 108 Å². The summed E-state index contributed by atoms with van der Waals surface area (Å²) in [6.45, 7) is 0.623. The zero-order valence-electron chi connectivity index (χ0n) is 14.6. The third-order valence-corrected chi connectivity index (χ3v) is 4.04. The number of rotatable bonds is 8. The molecule has 0 unspecified atom stereocenters. The van der Waals surface area contributed by atoms with E-state index < -0.39 is 6.10 Å². The molecular weight excluding hydrogens is 324 g/mol. The Balaban J connectivity index is 1.63. The Labute approximate surface area is 154 Å². The van der Waals surface area contributed by atoms with Crippen molar-refractivity contribution in [3.8, 4) is 0 Å². The van der Waals surface area contributed by atoms with Crippen LogP contribution in [0.15, 0.2) is 91.0 Å². The first kappa shape index (κ1) is 17.9. The van der Waals surface area contributed by atoms with E-state index in [-0.39, 0.29) is 12.6 Å². The molecule has 3 aromatic rings. The molecule has 0 bridgehead atoms. The summed E-state index contributed by atoms with van der Waals surface area (Å²) in [5.41, 5.74) is 3.03. The van der Waals surface area contributed by atoms with Crippen LogP contribution in [0.2, 0.25) is 0 Å². The highest BCUT2D eigenvalue weighted by Gasteiger charge is 2.21. The molecule has 0 N–H and O–H groups in total. The quantitative estimate of drug-likeness (QED) is 0.561. The molecule has 0 fully saturated rings. The highest BCUT2D eigenvalue weighted by molar-refractivity contribution is 5.75. The van der Waals surface area contributed by atoms with Crippen LogP contribution in [-0.2, 0) is 33.9 Å². The van der Waals surface area contributed by atoms with Crippen LogP contribution >= 0.6 is 0 Å². The summed E-state index contributed by atoms with van der Waals surface area (Å²) in [6, 6.07) is 29.3. The average molecular weight is 346 g/mol. The predicted molar refractivity (Wildman–Crippen MR) is 101 cm³/mol. The second-order valence-electron chi connectivity index (χ2n) is 6.07. The van der Waals surface area contributed by atoms with E-state index >= 15 is 0 Å². The van der Waals surface area contributed by atoms with E-state index in [0.717, 1.165) is 16.7 Å². The Kier molecular flexibility index (Phi) is 6.57. The van der Waals surface area contributed by atoms with Crippen molar-refractivity contribution in [3.63, 3.8) is 0 Å². The molecule has 0 saturated heterocycles. The fourth-order valence-electron chi connectivity index (χ4n) is 2.63. The Bertz CT molecular complexity index is 785. The lowest BCUT2D eigenvalue weighted by Crippen LogP contribution is -2.28. The van der Waals surface area contributed by atoms with Crippen LogP contribution in [0.1, 0.15) is 16.7 Å². The normalized spacial score (nSPS) is 11.7. The fraction of sp³-hybridized carbons (Fsp3) is 0.174. The topological polar surface area (TPSA) is 35.5 Å². The van der Waals surface area contributed by atoms with Crippen molar-refractivity contribution in [2.75, 3.05) is 0 Å². The maximum atomic E-state index is 12.6. The number of esters is 1. The zero-order chi connectivity index (χ0) is 18.0. The van der Waals surface area contributed by atoms with Gasteiger partial charge in [0.2, 0.25) is 0 Å². The average Bonchev–Trinajstić information content (AvgIpc) is 2.71. The molecule has 0 radical (unpaired) electrons. The summed E-state index contributed by atoms with van der Waals surface area (Å²) in [6.07, 6.45) is -0.150. The smallest absolute Gasteiger partial charge is 0.335 e. The molecule has 0 aromatic heterocycles. The Hall–Kier alpha value is -2.91. The molecule has 0 heterocycles. The molecule has 0 aliphatic carbocycles. The minimum Gasteiger partial charge on any atom is -0.459 e. The maximum absolute atomic E-state index is 12.6. The van der Waals surface area contributed by atoms with Crippen LogP contribution in [-0.4, -0.2) is 12.1 Å². The molecule has 3 nitrogen and oxygen atoms in total. The fourth-order valence-corrected chi connectivity index (χ4v) is 2.63. The Morgan fingerprint density at radius 2 is 1.12 bits per heavy atom. The minimum atomic E-state index is -0.638. The van der Waals surface area contributed by atoms with Crippen molar-refractivity contribution < 1.29 is 14.3 Å². The summed E-state index contributed by atoms with van der Waals surface area (Å²) in [7, 11) is 0. The van der Waals surface area contributed by atoms with Gasteiger partial charge in [-0.3, -0.25) is 0 Å². The largest absolute Gasteiger partial charge is 0.459 e. The number of carbonyl (C=O) groups is 1. The van der Waals surface area contributed by atoms with Crippen LogP contribution in [0.3, 0.4) is 0 Å². The first-order chi connectivity index (χ1) is 12.8. The lowest BCUT2D eigenvalue weighted by molar-refractivity contribution is -0.159. The first-order valence-corrected chi connectivity index (χ1v) is 8.71. The number of ether oxygens (including phenoxy) is 2. The van der Waals surface area contributed by atoms with Gasteiger partial charge in [0, 0.05) is 6.42 Å². The molecule has 0 aliphatic heterocycles. The summed E-state index contributed by atoms with van der Waals surface area (Å²) in [4.78, 5) is 12.6. The zero-order valence-corrected chi connectivity index (χ0v) is 14.6. The van der Waals surface area contributed by atoms with Crippen LogP contribution in [0.4, 0.5) is 0 Å². The molecule has 132 valence electrons. The standard InChI is InChI=1S/C23H22O3/c24-23(26-18-21-14-8-3-9-15-21)22(16-19-10-4-1-5-11-19)25-17-20-12-6-2-7-13-20/h1-15,22H,16-18H2/t22-/m0/s1. The molecule has 3 aromatic carbocycles. The summed E-state index contributed by atoms with van der Waals surface area (Å²) >= 11 is 0. The van der Waals surface area contributed by atoms with Gasteiger partial charge in [0.1, 0.15) is 6.61 Å². The van der Waals surface area contributed by atoms with Gasteiger partial charge >= 0.3 is 5.97 Å². The van der Waals surface area contributed by atoms with Crippen molar-refractivity contribution in [2.45, 2.75) is 25.7 Å². The molecule has 26 heavy (non-hydrogen) atoms. The Morgan fingerprint density at radius 1 is 0.654 bits per heavy atom. The first-order valence-electron chi connectivity index (χ1n) is 8.71. The van der Waals surface area contributed by atoms with Gasteiger partial charge in [-0.15, -0.1) is 0 Å². The SMILES string of the molecule is O=C(OCc1ccccc1)[C@H](Cc1ccccc1)OCc1ccccc1. The molecule has 1 atom stereocenters. The van der Waals surface area contributed by atoms with Crippen LogP contribution < -0.4 is 0 Å². The van der Waals surface area contributed by atoms with Gasteiger partial charge in [-0.25, -0.2) is 4.79 Å². The van der Waals surface area contributed by atoms with Crippen molar-refractivity contribution >= 4 is 5.97 Å². The van der Waals surface area contributed by atoms with E-state index in [4.69, 9.17) is 9.47 Å². The predicted octanol–water partition coefficient (Wildman–Crippen LogP) is 4.56. The monoisotopic (exact) mass is 346 g/mol. The third kappa shape index (κ3) is 5.57. The maximum Gasteiger partial charge on any atom is 0.335 e. The van der Waals surface area contributed by atoms with E-state index in [1.165, 1.54) is 0 Å². The van der Waals surface area contributed by atoms with Crippen LogP contribution in [0.25, 0.3) is 0 Å². The number of benzene rings is 3. The van der Waals surface area contributed by atoms with Gasteiger partial charge in [0.25, 0.3) is 0 Å². The molecule has 0 spiro atoms. The second kappa shape index (κ2) is 9.54. The molecule has 0 saturated carbocycles. The van der Waals surface area contributed by atoms with Crippen LogP contribution in [0, 0.1) is 0 Å².